The Hall–Kier alpha value is -2.37. The maximum Gasteiger partial charge on any atom is 0.244 e. The van der Waals surface area contributed by atoms with Crippen LogP contribution in [0.2, 0.25) is 0 Å². The van der Waals surface area contributed by atoms with E-state index in [1.165, 1.54) is 5.56 Å². The van der Waals surface area contributed by atoms with Crippen molar-refractivity contribution in [3.05, 3.63) is 71.3 Å². The molecule has 1 aliphatic heterocycles. The Morgan fingerprint density at radius 1 is 0.931 bits per heavy atom. The van der Waals surface area contributed by atoms with Gasteiger partial charge in [0, 0.05) is 32.6 Å². The number of nitrogens with zero attached hydrogens (tertiary/aromatic N) is 2. The lowest BCUT2D eigenvalue weighted by Crippen LogP contribution is -2.41. The minimum absolute atomic E-state index is 0. The SMILES string of the molecule is Cc1ccc(C(N)C(=O)N2CCCN(C(=O)CCc3ccccc3)CC2)cc1.Cl. The smallest absolute Gasteiger partial charge is 0.244 e. The first-order valence-electron chi connectivity index (χ1n) is 9.97. The fraction of sp³-hybridized carbons (Fsp3) is 0.391. The number of rotatable bonds is 5. The largest absolute Gasteiger partial charge is 0.341 e. The molecule has 0 spiro atoms. The molecule has 6 heteroatoms. The highest BCUT2D eigenvalue weighted by Crippen LogP contribution is 2.16. The fourth-order valence-electron chi connectivity index (χ4n) is 3.55. The number of carbonyl (C=O) groups is 2. The quantitative estimate of drug-likeness (QED) is 0.815. The van der Waals surface area contributed by atoms with Gasteiger partial charge in [-0.3, -0.25) is 9.59 Å². The maximum atomic E-state index is 12.8. The third-order valence-corrected chi connectivity index (χ3v) is 5.33. The zero-order valence-electron chi connectivity index (χ0n) is 16.9. The Morgan fingerprint density at radius 3 is 2.24 bits per heavy atom. The van der Waals surface area contributed by atoms with Crippen molar-refractivity contribution in [3.8, 4) is 0 Å². The molecule has 1 atom stereocenters. The molecule has 0 saturated carbocycles. The van der Waals surface area contributed by atoms with Gasteiger partial charge in [0.2, 0.25) is 11.8 Å². The molecule has 5 nitrogen and oxygen atoms in total. The number of amides is 2. The van der Waals surface area contributed by atoms with Gasteiger partial charge in [0.05, 0.1) is 0 Å². The highest BCUT2D eigenvalue weighted by Gasteiger charge is 2.26. The van der Waals surface area contributed by atoms with E-state index >= 15 is 0 Å². The number of benzene rings is 2. The number of nitrogens with two attached hydrogens (primary N) is 1. The van der Waals surface area contributed by atoms with E-state index in [1.807, 2.05) is 66.4 Å². The van der Waals surface area contributed by atoms with Gasteiger partial charge in [-0.05, 0) is 30.9 Å². The molecule has 2 amide bonds. The summed E-state index contributed by atoms with van der Waals surface area (Å²) in [4.78, 5) is 29.1. The van der Waals surface area contributed by atoms with E-state index in [1.54, 1.807) is 4.90 Å². The second-order valence-electron chi connectivity index (χ2n) is 7.43. The third-order valence-electron chi connectivity index (χ3n) is 5.33. The van der Waals surface area contributed by atoms with Crippen LogP contribution in [0, 0.1) is 6.92 Å². The molecule has 0 radical (unpaired) electrons. The minimum atomic E-state index is -0.652. The predicted octanol–water partition coefficient (Wildman–Crippen LogP) is 3.11. The van der Waals surface area contributed by atoms with Crippen LogP contribution in [-0.4, -0.2) is 47.8 Å². The van der Waals surface area contributed by atoms with Crippen LogP contribution in [0.4, 0.5) is 0 Å². The van der Waals surface area contributed by atoms with E-state index in [9.17, 15) is 9.59 Å². The molecule has 3 rings (SSSR count). The molecule has 1 fully saturated rings. The van der Waals surface area contributed by atoms with Crippen molar-refractivity contribution in [2.75, 3.05) is 26.2 Å². The van der Waals surface area contributed by atoms with Crippen LogP contribution in [0.3, 0.4) is 0 Å². The van der Waals surface area contributed by atoms with Gasteiger partial charge in [-0.1, -0.05) is 60.2 Å². The molecule has 1 saturated heterocycles. The Balaban J connectivity index is 0.00000300. The summed E-state index contributed by atoms with van der Waals surface area (Å²) in [7, 11) is 0. The molecule has 1 heterocycles. The summed E-state index contributed by atoms with van der Waals surface area (Å²) in [6, 6.07) is 17.2. The number of carbonyl (C=O) groups excluding carboxylic acids is 2. The van der Waals surface area contributed by atoms with E-state index < -0.39 is 6.04 Å². The van der Waals surface area contributed by atoms with Crippen molar-refractivity contribution in [3.63, 3.8) is 0 Å². The Morgan fingerprint density at radius 2 is 1.55 bits per heavy atom. The van der Waals surface area contributed by atoms with Crippen molar-refractivity contribution in [2.24, 2.45) is 5.73 Å². The minimum Gasteiger partial charge on any atom is -0.341 e. The topological polar surface area (TPSA) is 66.6 Å². The molecule has 2 aromatic rings. The van der Waals surface area contributed by atoms with Crippen LogP contribution in [0.1, 0.15) is 35.6 Å². The first-order chi connectivity index (χ1) is 13.5. The first-order valence-corrected chi connectivity index (χ1v) is 9.97. The Labute approximate surface area is 179 Å². The summed E-state index contributed by atoms with van der Waals surface area (Å²) in [5, 5.41) is 0. The molecular formula is C23H30ClN3O2. The summed E-state index contributed by atoms with van der Waals surface area (Å²) in [5.41, 5.74) is 9.35. The van der Waals surface area contributed by atoms with Gasteiger partial charge >= 0.3 is 0 Å². The molecule has 156 valence electrons. The van der Waals surface area contributed by atoms with Gasteiger partial charge in [-0.2, -0.15) is 0 Å². The first kappa shape index (κ1) is 22.9. The molecule has 29 heavy (non-hydrogen) atoms. The van der Waals surface area contributed by atoms with Gasteiger partial charge in [0.25, 0.3) is 0 Å². The number of aryl methyl sites for hydroxylation is 2. The van der Waals surface area contributed by atoms with E-state index in [4.69, 9.17) is 5.73 Å². The highest BCUT2D eigenvalue weighted by molar-refractivity contribution is 5.85. The molecule has 0 bridgehead atoms. The lowest BCUT2D eigenvalue weighted by molar-refractivity contribution is -0.134. The van der Waals surface area contributed by atoms with E-state index in [0.717, 1.165) is 24.0 Å². The molecule has 1 aliphatic rings. The van der Waals surface area contributed by atoms with Crippen LogP contribution in [0.15, 0.2) is 54.6 Å². The number of hydrogen-bond acceptors (Lipinski definition) is 3. The fourth-order valence-corrected chi connectivity index (χ4v) is 3.55. The van der Waals surface area contributed by atoms with Crippen molar-refractivity contribution in [2.45, 2.75) is 32.2 Å². The van der Waals surface area contributed by atoms with Crippen LogP contribution in [0.25, 0.3) is 0 Å². The van der Waals surface area contributed by atoms with Gasteiger partial charge in [0.15, 0.2) is 0 Å². The van der Waals surface area contributed by atoms with Gasteiger partial charge in [0.1, 0.15) is 6.04 Å². The van der Waals surface area contributed by atoms with Crippen molar-refractivity contribution >= 4 is 24.2 Å². The average Bonchev–Trinajstić information content (AvgIpc) is 2.98. The lowest BCUT2D eigenvalue weighted by atomic mass is 10.0. The summed E-state index contributed by atoms with van der Waals surface area (Å²) in [6.45, 7) is 4.45. The van der Waals surface area contributed by atoms with Crippen molar-refractivity contribution < 1.29 is 9.59 Å². The van der Waals surface area contributed by atoms with Crippen LogP contribution in [0.5, 0.6) is 0 Å². The van der Waals surface area contributed by atoms with Crippen LogP contribution in [-0.2, 0) is 16.0 Å². The molecule has 1 unspecified atom stereocenters. The second kappa shape index (κ2) is 11.0. The molecular weight excluding hydrogens is 386 g/mol. The van der Waals surface area contributed by atoms with Crippen LogP contribution < -0.4 is 5.73 Å². The van der Waals surface area contributed by atoms with Crippen molar-refractivity contribution in [1.82, 2.24) is 9.80 Å². The predicted molar refractivity (Wildman–Crippen MR) is 118 cm³/mol. The lowest BCUT2D eigenvalue weighted by Gasteiger charge is -2.25. The maximum absolute atomic E-state index is 12.8. The standard InChI is InChI=1S/C23H29N3O2.ClH/c1-18-8-11-20(12-9-18)22(24)23(28)26-15-5-14-25(16-17-26)21(27)13-10-19-6-3-2-4-7-19;/h2-4,6-9,11-12,22H,5,10,13-17,24H2,1H3;1H. The normalized spacial score (nSPS) is 15.2. The Kier molecular flexibility index (Phi) is 8.68. The van der Waals surface area contributed by atoms with Gasteiger partial charge in [-0.15, -0.1) is 12.4 Å². The second-order valence-corrected chi connectivity index (χ2v) is 7.43. The number of halogens is 1. The zero-order chi connectivity index (χ0) is 19.9. The van der Waals surface area contributed by atoms with Crippen molar-refractivity contribution in [1.29, 1.82) is 0 Å². The van der Waals surface area contributed by atoms with E-state index in [2.05, 4.69) is 0 Å². The third kappa shape index (κ3) is 6.31. The van der Waals surface area contributed by atoms with Gasteiger partial charge < -0.3 is 15.5 Å². The summed E-state index contributed by atoms with van der Waals surface area (Å²) in [6.07, 6.45) is 2.03. The Bertz CT molecular complexity index is 796. The average molecular weight is 416 g/mol. The van der Waals surface area contributed by atoms with E-state index in [-0.39, 0.29) is 24.2 Å². The molecule has 0 aliphatic carbocycles. The zero-order valence-corrected chi connectivity index (χ0v) is 17.7. The molecule has 2 N–H and O–H groups in total. The summed E-state index contributed by atoms with van der Waals surface area (Å²) >= 11 is 0. The van der Waals surface area contributed by atoms with Gasteiger partial charge in [-0.25, -0.2) is 0 Å². The highest BCUT2D eigenvalue weighted by atomic mass is 35.5. The van der Waals surface area contributed by atoms with Crippen LogP contribution >= 0.6 is 12.4 Å². The van der Waals surface area contributed by atoms with E-state index in [0.29, 0.717) is 32.6 Å². The molecule has 0 aromatic heterocycles. The summed E-state index contributed by atoms with van der Waals surface area (Å²) < 4.78 is 0. The monoisotopic (exact) mass is 415 g/mol. The summed E-state index contributed by atoms with van der Waals surface area (Å²) in [5.74, 6) is 0.0865. The molecule has 2 aromatic carbocycles. The number of hydrogen-bond donors (Lipinski definition) is 1.